The third kappa shape index (κ3) is 6.70. The molecular weight excluding hydrogens is 461 g/mol. The standard InChI is InChI=1S/C32H42FN3O/c1-6-28-23(3)35-29(22-34-7-2)30(31(28)36-19-17-32(4,5)18-20-36)25-10-14-27(15-11-25)37-21-16-24-8-12-26(33)13-9-24/h8-15,34H,6-7,16-22H2,1-5H3. The van der Waals surface area contributed by atoms with E-state index in [2.05, 4.69) is 69.1 Å². The van der Waals surface area contributed by atoms with E-state index in [1.165, 1.54) is 47.4 Å². The third-order valence-electron chi connectivity index (χ3n) is 7.60. The Morgan fingerprint density at radius 1 is 1.00 bits per heavy atom. The molecule has 0 bridgehead atoms. The van der Waals surface area contributed by atoms with Crippen molar-refractivity contribution in [1.82, 2.24) is 10.3 Å². The lowest BCUT2D eigenvalue weighted by Gasteiger charge is -2.40. The van der Waals surface area contributed by atoms with Crippen molar-refractivity contribution in [2.45, 2.75) is 66.8 Å². The number of hydrogen-bond acceptors (Lipinski definition) is 4. The lowest BCUT2D eigenvalue weighted by atomic mass is 9.82. The van der Waals surface area contributed by atoms with Crippen LogP contribution in [0.25, 0.3) is 11.1 Å². The zero-order chi connectivity index (χ0) is 26.4. The summed E-state index contributed by atoms with van der Waals surface area (Å²) in [6.07, 6.45) is 4.10. The Bertz CT molecular complexity index is 1160. The van der Waals surface area contributed by atoms with E-state index in [1.807, 2.05) is 12.1 Å². The summed E-state index contributed by atoms with van der Waals surface area (Å²) in [7, 11) is 0. The van der Waals surface area contributed by atoms with Gasteiger partial charge in [-0.1, -0.05) is 52.0 Å². The summed E-state index contributed by atoms with van der Waals surface area (Å²) in [4.78, 5) is 7.71. The Morgan fingerprint density at radius 3 is 2.30 bits per heavy atom. The molecule has 0 atom stereocenters. The van der Waals surface area contributed by atoms with E-state index in [0.29, 0.717) is 12.0 Å². The molecule has 0 amide bonds. The largest absolute Gasteiger partial charge is 0.493 e. The molecule has 2 aromatic carbocycles. The van der Waals surface area contributed by atoms with Gasteiger partial charge in [0, 0.05) is 37.3 Å². The molecule has 1 saturated heterocycles. The SMILES string of the molecule is CCNCc1nc(C)c(CC)c(N2CCC(C)(C)CC2)c1-c1ccc(OCCc2ccc(F)cc2)cc1. The average molecular weight is 504 g/mol. The highest BCUT2D eigenvalue weighted by molar-refractivity contribution is 5.84. The second-order valence-corrected chi connectivity index (χ2v) is 10.9. The Balaban J connectivity index is 1.63. The monoisotopic (exact) mass is 503 g/mol. The van der Waals surface area contributed by atoms with Gasteiger partial charge in [-0.05, 0) is 79.1 Å². The van der Waals surface area contributed by atoms with Crippen molar-refractivity contribution in [3.63, 3.8) is 0 Å². The molecule has 0 unspecified atom stereocenters. The number of halogens is 1. The minimum Gasteiger partial charge on any atom is -0.493 e. The van der Waals surface area contributed by atoms with Crippen LogP contribution in [0.2, 0.25) is 0 Å². The Kier molecular flexibility index (Phi) is 8.86. The first kappa shape index (κ1) is 27.1. The predicted octanol–water partition coefficient (Wildman–Crippen LogP) is 7.12. The lowest BCUT2D eigenvalue weighted by Crippen LogP contribution is -2.38. The number of nitrogens with one attached hydrogen (secondary N) is 1. The first-order chi connectivity index (χ1) is 17.8. The van der Waals surface area contributed by atoms with E-state index < -0.39 is 0 Å². The number of anilines is 1. The fourth-order valence-electron chi connectivity index (χ4n) is 5.22. The van der Waals surface area contributed by atoms with Crippen molar-refractivity contribution >= 4 is 5.69 Å². The smallest absolute Gasteiger partial charge is 0.123 e. The number of hydrogen-bond donors (Lipinski definition) is 1. The molecule has 1 fully saturated rings. The van der Waals surface area contributed by atoms with Gasteiger partial charge < -0.3 is 15.0 Å². The number of nitrogens with zero attached hydrogens (tertiary/aromatic N) is 2. The van der Waals surface area contributed by atoms with Gasteiger partial charge in [-0.2, -0.15) is 0 Å². The van der Waals surface area contributed by atoms with Gasteiger partial charge in [0.05, 0.1) is 18.0 Å². The normalized spacial score (nSPS) is 15.1. The van der Waals surface area contributed by atoms with E-state index in [-0.39, 0.29) is 5.82 Å². The maximum Gasteiger partial charge on any atom is 0.123 e. The summed E-state index contributed by atoms with van der Waals surface area (Å²) in [5, 5.41) is 3.51. The molecule has 0 radical (unpaired) electrons. The molecule has 1 aliphatic heterocycles. The average Bonchev–Trinajstić information content (AvgIpc) is 2.89. The van der Waals surface area contributed by atoms with E-state index in [4.69, 9.17) is 9.72 Å². The maximum atomic E-state index is 13.2. The first-order valence-corrected chi connectivity index (χ1v) is 13.8. The molecule has 0 saturated carbocycles. The molecule has 2 heterocycles. The van der Waals surface area contributed by atoms with E-state index in [9.17, 15) is 4.39 Å². The van der Waals surface area contributed by atoms with Crippen molar-refractivity contribution in [2.24, 2.45) is 5.41 Å². The minimum atomic E-state index is -0.210. The van der Waals surface area contributed by atoms with Gasteiger partial charge in [-0.3, -0.25) is 4.98 Å². The quantitative estimate of drug-likeness (QED) is 0.320. The van der Waals surface area contributed by atoms with E-state index in [0.717, 1.165) is 61.7 Å². The van der Waals surface area contributed by atoms with Gasteiger partial charge in [0.25, 0.3) is 0 Å². The highest BCUT2D eigenvalue weighted by Crippen LogP contribution is 2.42. The summed E-state index contributed by atoms with van der Waals surface area (Å²) in [5.74, 6) is 0.634. The molecule has 198 valence electrons. The number of pyridine rings is 1. The van der Waals surface area contributed by atoms with Crippen molar-refractivity contribution in [2.75, 3.05) is 31.1 Å². The molecule has 1 N–H and O–H groups in total. The molecule has 37 heavy (non-hydrogen) atoms. The van der Waals surface area contributed by atoms with Crippen LogP contribution in [0.5, 0.6) is 5.75 Å². The molecule has 1 aliphatic rings. The topological polar surface area (TPSA) is 37.4 Å². The second kappa shape index (κ2) is 12.1. The Morgan fingerprint density at radius 2 is 1.68 bits per heavy atom. The zero-order valence-corrected chi connectivity index (χ0v) is 23.2. The van der Waals surface area contributed by atoms with Crippen LogP contribution in [0.1, 0.15) is 63.1 Å². The van der Waals surface area contributed by atoms with Gasteiger partial charge in [0.2, 0.25) is 0 Å². The maximum absolute atomic E-state index is 13.2. The predicted molar refractivity (Wildman–Crippen MR) is 152 cm³/mol. The number of aryl methyl sites for hydroxylation is 1. The number of piperidine rings is 1. The van der Waals surface area contributed by atoms with Gasteiger partial charge in [-0.15, -0.1) is 0 Å². The van der Waals surface area contributed by atoms with Crippen LogP contribution in [0.4, 0.5) is 10.1 Å². The van der Waals surface area contributed by atoms with Crippen LogP contribution in [0.3, 0.4) is 0 Å². The lowest BCUT2D eigenvalue weighted by molar-refractivity contribution is 0.279. The minimum absolute atomic E-state index is 0.210. The summed E-state index contributed by atoms with van der Waals surface area (Å²) >= 11 is 0. The van der Waals surface area contributed by atoms with Crippen molar-refractivity contribution < 1.29 is 9.13 Å². The third-order valence-corrected chi connectivity index (χ3v) is 7.60. The number of rotatable bonds is 10. The molecule has 0 spiro atoms. The van der Waals surface area contributed by atoms with Gasteiger partial charge in [0.1, 0.15) is 11.6 Å². The van der Waals surface area contributed by atoms with Gasteiger partial charge >= 0.3 is 0 Å². The highest BCUT2D eigenvalue weighted by Gasteiger charge is 2.29. The van der Waals surface area contributed by atoms with Crippen LogP contribution in [-0.2, 0) is 19.4 Å². The fourth-order valence-corrected chi connectivity index (χ4v) is 5.22. The molecule has 5 heteroatoms. The number of benzene rings is 2. The highest BCUT2D eigenvalue weighted by atomic mass is 19.1. The second-order valence-electron chi connectivity index (χ2n) is 10.9. The van der Waals surface area contributed by atoms with Crippen molar-refractivity contribution in [3.8, 4) is 16.9 Å². The van der Waals surface area contributed by atoms with Crippen LogP contribution in [0, 0.1) is 18.2 Å². The molecular formula is C32H42FN3O. The molecule has 4 rings (SSSR count). The molecule has 4 nitrogen and oxygen atoms in total. The van der Waals surface area contributed by atoms with Crippen LogP contribution in [-0.4, -0.2) is 31.2 Å². The van der Waals surface area contributed by atoms with E-state index >= 15 is 0 Å². The fraction of sp³-hybridized carbons (Fsp3) is 0.469. The van der Waals surface area contributed by atoms with E-state index in [1.54, 1.807) is 0 Å². The van der Waals surface area contributed by atoms with Crippen LogP contribution >= 0.6 is 0 Å². The summed E-state index contributed by atoms with van der Waals surface area (Å²) in [6.45, 7) is 15.7. The number of aromatic nitrogens is 1. The molecule has 1 aromatic heterocycles. The van der Waals surface area contributed by atoms with Gasteiger partial charge in [0.15, 0.2) is 0 Å². The Labute approximate surface area is 222 Å². The van der Waals surface area contributed by atoms with Crippen molar-refractivity contribution in [3.05, 3.63) is 76.9 Å². The van der Waals surface area contributed by atoms with Crippen molar-refractivity contribution in [1.29, 1.82) is 0 Å². The molecule has 0 aliphatic carbocycles. The summed E-state index contributed by atoms with van der Waals surface area (Å²) in [6, 6.07) is 15.1. The Hall–Kier alpha value is -2.92. The summed E-state index contributed by atoms with van der Waals surface area (Å²) in [5.41, 5.74) is 8.86. The first-order valence-electron chi connectivity index (χ1n) is 13.8. The molecule has 3 aromatic rings. The zero-order valence-electron chi connectivity index (χ0n) is 23.2. The number of ether oxygens (including phenoxy) is 1. The van der Waals surface area contributed by atoms with Gasteiger partial charge in [-0.25, -0.2) is 4.39 Å². The summed E-state index contributed by atoms with van der Waals surface area (Å²) < 4.78 is 19.2. The van der Waals surface area contributed by atoms with Crippen LogP contribution < -0.4 is 15.0 Å². The van der Waals surface area contributed by atoms with Crippen LogP contribution in [0.15, 0.2) is 48.5 Å².